The Labute approximate surface area is 163 Å². The number of anilines is 1. The van der Waals surface area contributed by atoms with Gasteiger partial charge < -0.3 is 14.4 Å². The Morgan fingerprint density at radius 2 is 1.96 bits per heavy atom. The molecule has 0 amide bonds. The number of hydrogen-bond acceptors (Lipinski definition) is 6. The molecule has 7 nitrogen and oxygen atoms in total. The second-order valence-corrected chi connectivity index (χ2v) is 7.25. The number of fused-ring (bicyclic) bond motifs is 3. The summed E-state index contributed by atoms with van der Waals surface area (Å²) < 4.78 is 13.4. The number of piperidine rings is 1. The van der Waals surface area contributed by atoms with Crippen molar-refractivity contribution >= 4 is 5.82 Å². The Balaban J connectivity index is 1.43. The maximum absolute atomic E-state index is 5.83. The van der Waals surface area contributed by atoms with Crippen molar-refractivity contribution in [2.75, 3.05) is 25.1 Å². The predicted molar refractivity (Wildman–Crippen MR) is 105 cm³/mol. The first kappa shape index (κ1) is 17.2. The first-order chi connectivity index (χ1) is 13.8. The molecule has 2 aromatic heterocycles. The Hall–Kier alpha value is -2.93. The van der Waals surface area contributed by atoms with Gasteiger partial charge in [-0.1, -0.05) is 6.07 Å². The van der Waals surface area contributed by atoms with Crippen molar-refractivity contribution < 1.29 is 9.47 Å². The third-order valence-electron chi connectivity index (χ3n) is 5.60. The van der Waals surface area contributed by atoms with Crippen LogP contribution in [0.3, 0.4) is 0 Å². The van der Waals surface area contributed by atoms with Gasteiger partial charge in [0.2, 0.25) is 0 Å². The summed E-state index contributed by atoms with van der Waals surface area (Å²) in [7, 11) is 1.68. The maximum atomic E-state index is 5.83. The van der Waals surface area contributed by atoms with Crippen LogP contribution in [-0.2, 0) is 18.0 Å². The summed E-state index contributed by atoms with van der Waals surface area (Å²) in [5, 5.41) is 9.01. The number of benzene rings is 1. The number of hydrogen-bond donors (Lipinski definition) is 0. The van der Waals surface area contributed by atoms with Crippen molar-refractivity contribution in [2.24, 2.45) is 0 Å². The topological polar surface area (TPSA) is 65.3 Å². The normalized spacial score (nSPS) is 17.0. The van der Waals surface area contributed by atoms with Crippen LogP contribution in [0.25, 0.3) is 5.69 Å². The summed E-state index contributed by atoms with van der Waals surface area (Å²) >= 11 is 0. The highest BCUT2D eigenvalue weighted by molar-refractivity contribution is 5.48. The molecular weight excluding hydrogens is 354 g/mol. The number of ether oxygens (including phenoxy) is 2. The molecule has 0 aliphatic carbocycles. The molecule has 0 N–H and O–H groups in total. The van der Waals surface area contributed by atoms with E-state index in [1.54, 1.807) is 7.11 Å². The van der Waals surface area contributed by atoms with E-state index in [1.165, 1.54) is 0 Å². The van der Waals surface area contributed by atoms with E-state index in [9.17, 15) is 0 Å². The van der Waals surface area contributed by atoms with Crippen LogP contribution in [0.1, 0.15) is 36.0 Å². The molecule has 0 saturated carbocycles. The summed E-state index contributed by atoms with van der Waals surface area (Å²) in [6.07, 6.45) is 3.91. The fourth-order valence-electron chi connectivity index (χ4n) is 4.13. The van der Waals surface area contributed by atoms with Crippen LogP contribution in [0.4, 0.5) is 5.82 Å². The van der Waals surface area contributed by atoms with Crippen molar-refractivity contribution in [1.82, 2.24) is 19.7 Å². The fraction of sp³-hybridized carbons (Fsp3) is 0.381. The molecule has 5 rings (SSSR count). The first-order valence-corrected chi connectivity index (χ1v) is 9.68. The minimum Gasteiger partial charge on any atom is -0.497 e. The Bertz CT molecular complexity index is 964. The average molecular weight is 377 g/mol. The molecular formula is C21H23N5O2. The molecule has 0 bridgehead atoms. The van der Waals surface area contributed by atoms with Crippen molar-refractivity contribution in [3.05, 3.63) is 59.8 Å². The quantitative estimate of drug-likeness (QED) is 0.699. The van der Waals surface area contributed by atoms with E-state index in [0.717, 1.165) is 60.4 Å². The molecule has 0 radical (unpaired) electrons. The van der Waals surface area contributed by atoms with Crippen LogP contribution in [0.15, 0.2) is 42.6 Å². The molecule has 0 unspecified atom stereocenters. The predicted octanol–water partition coefficient (Wildman–Crippen LogP) is 3.09. The lowest BCUT2D eigenvalue weighted by Gasteiger charge is -2.32. The molecule has 1 saturated heterocycles. The van der Waals surface area contributed by atoms with Crippen molar-refractivity contribution in [3.8, 4) is 11.4 Å². The maximum Gasteiger partial charge on any atom is 0.163 e. The summed E-state index contributed by atoms with van der Waals surface area (Å²) in [6, 6.07) is 12.2. The van der Waals surface area contributed by atoms with Crippen molar-refractivity contribution in [2.45, 2.75) is 32.0 Å². The van der Waals surface area contributed by atoms with Crippen molar-refractivity contribution in [3.63, 3.8) is 0 Å². The van der Waals surface area contributed by atoms with E-state index in [4.69, 9.17) is 9.47 Å². The monoisotopic (exact) mass is 377 g/mol. The van der Waals surface area contributed by atoms with Gasteiger partial charge in [-0.05, 0) is 43.2 Å². The summed E-state index contributed by atoms with van der Waals surface area (Å²) in [5.41, 5.74) is 2.20. The van der Waals surface area contributed by atoms with E-state index in [-0.39, 0.29) is 0 Å². The zero-order valence-electron chi connectivity index (χ0n) is 15.9. The van der Waals surface area contributed by atoms with E-state index < -0.39 is 0 Å². The summed E-state index contributed by atoms with van der Waals surface area (Å²) in [6.45, 7) is 2.95. The zero-order valence-corrected chi connectivity index (χ0v) is 15.9. The third-order valence-corrected chi connectivity index (χ3v) is 5.60. The van der Waals surface area contributed by atoms with Gasteiger partial charge in [-0.25, -0.2) is 4.98 Å². The second-order valence-electron chi connectivity index (χ2n) is 7.25. The van der Waals surface area contributed by atoms with E-state index in [1.807, 2.05) is 30.5 Å². The molecule has 144 valence electrons. The van der Waals surface area contributed by atoms with Gasteiger partial charge in [0.25, 0.3) is 0 Å². The number of methoxy groups -OCH3 is 1. The van der Waals surface area contributed by atoms with E-state index in [2.05, 4.69) is 36.8 Å². The van der Waals surface area contributed by atoms with Gasteiger partial charge in [0.1, 0.15) is 24.0 Å². The molecule has 7 heteroatoms. The highest BCUT2D eigenvalue weighted by Gasteiger charge is 2.29. The molecule has 1 fully saturated rings. The lowest BCUT2D eigenvalue weighted by atomic mass is 9.95. The van der Waals surface area contributed by atoms with Crippen LogP contribution in [0, 0.1) is 0 Å². The molecule has 2 aliphatic heterocycles. The molecule has 0 atom stereocenters. The SMILES string of the molecule is COc1ccc2c(c1)COCc1nnc(C3CCN(c4ccccn4)CC3)n1-2. The van der Waals surface area contributed by atoms with Crippen LogP contribution in [-0.4, -0.2) is 39.9 Å². The lowest BCUT2D eigenvalue weighted by Crippen LogP contribution is -2.34. The molecule has 28 heavy (non-hydrogen) atoms. The number of rotatable bonds is 3. The zero-order chi connectivity index (χ0) is 18.9. The Morgan fingerprint density at radius 3 is 2.75 bits per heavy atom. The van der Waals surface area contributed by atoms with E-state index in [0.29, 0.717) is 19.1 Å². The standard InChI is InChI=1S/C21H23N5O2/c1-27-17-5-6-18-16(12-17)13-28-14-20-23-24-21(26(18)20)15-7-10-25(11-8-15)19-4-2-3-9-22-19/h2-6,9,12,15H,7-8,10-11,13-14H2,1H3. The highest BCUT2D eigenvalue weighted by Crippen LogP contribution is 2.33. The molecule has 3 aromatic rings. The van der Waals surface area contributed by atoms with Crippen LogP contribution in [0.2, 0.25) is 0 Å². The van der Waals surface area contributed by atoms with Crippen LogP contribution < -0.4 is 9.64 Å². The van der Waals surface area contributed by atoms with Gasteiger partial charge in [0.05, 0.1) is 19.4 Å². The summed E-state index contributed by atoms with van der Waals surface area (Å²) in [4.78, 5) is 6.83. The Kier molecular flexibility index (Phi) is 4.44. The highest BCUT2D eigenvalue weighted by atomic mass is 16.5. The molecule has 0 spiro atoms. The fourth-order valence-corrected chi connectivity index (χ4v) is 4.13. The van der Waals surface area contributed by atoms with Gasteiger partial charge in [0.15, 0.2) is 5.82 Å². The van der Waals surface area contributed by atoms with Crippen molar-refractivity contribution in [1.29, 1.82) is 0 Å². The minimum atomic E-state index is 0.370. The number of aromatic nitrogens is 4. The van der Waals surface area contributed by atoms with Crippen LogP contribution in [0.5, 0.6) is 5.75 Å². The first-order valence-electron chi connectivity index (χ1n) is 9.68. The lowest BCUT2D eigenvalue weighted by molar-refractivity contribution is 0.105. The second kappa shape index (κ2) is 7.24. The smallest absolute Gasteiger partial charge is 0.163 e. The largest absolute Gasteiger partial charge is 0.497 e. The third kappa shape index (κ3) is 3.01. The molecule has 2 aliphatic rings. The number of pyridine rings is 1. The molecule has 4 heterocycles. The summed E-state index contributed by atoms with van der Waals surface area (Å²) in [5.74, 6) is 4.16. The molecule has 1 aromatic carbocycles. The van der Waals surface area contributed by atoms with Gasteiger partial charge in [-0.2, -0.15) is 0 Å². The van der Waals surface area contributed by atoms with Crippen LogP contribution >= 0.6 is 0 Å². The van der Waals surface area contributed by atoms with Gasteiger partial charge >= 0.3 is 0 Å². The number of nitrogens with zero attached hydrogens (tertiary/aromatic N) is 5. The van der Waals surface area contributed by atoms with E-state index >= 15 is 0 Å². The van der Waals surface area contributed by atoms with Gasteiger partial charge in [-0.15, -0.1) is 10.2 Å². The minimum absolute atomic E-state index is 0.370. The average Bonchev–Trinajstić information content (AvgIpc) is 3.09. The Morgan fingerprint density at radius 1 is 1.07 bits per heavy atom. The van der Waals surface area contributed by atoms with Gasteiger partial charge in [-0.3, -0.25) is 4.57 Å². The van der Waals surface area contributed by atoms with Gasteiger partial charge in [0, 0.05) is 30.8 Å².